The van der Waals surface area contributed by atoms with E-state index in [1.54, 1.807) is 0 Å². The predicted molar refractivity (Wildman–Crippen MR) is 62.6 cm³/mol. The van der Waals surface area contributed by atoms with Crippen molar-refractivity contribution in [1.82, 2.24) is 14.7 Å². The van der Waals surface area contributed by atoms with Gasteiger partial charge in [-0.25, -0.2) is 0 Å². The molecule has 1 heterocycles. The second-order valence-electron chi connectivity index (χ2n) is 4.34. The Morgan fingerprint density at radius 1 is 1.40 bits per heavy atom. The van der Waals surface area contributed by atoms with E-state index in [2.05, 4.69) is 42.4 Å². The van der Waals surface area contributed by atoms with Crippen LogP contribution in [0.25, 0.3) is 0 Å². The molecule has 0 spiro atoms. The fourth-order valence-corrected chi connectivity index (χ4v) is 1.70. The molecular weight excluding hydrogens is 210 g/mol. The van der Waals surface area contributed by atoms with Gasteiger partial charge in [-0.15, -0.1) is 0 Å². The van der Waals surface area contributed by atoms with E-state index in [0.29, 0.717) is 11.8 Å². The van der Waals surface area contributed by atoms with E-state index in [-0.39, 0.29) is 5.41 Å². The standard InChI is InChI=1S/C10H19N3OS/c1-5-11-6-7-14-9-12-8(13-15-9)10(2,3)4/h11H,5-7H2,1-4H3. The number of ether oxygens (including phenoxy) is 1. The Bertz CT molecular complexity index is 293. The van der Waals surface area contributed by atoms with Crippen LogP contribution < -0.4 is 10.1 Å². The molecule has 15 heavy (non-hydrogen) atoms. The van der Waals surface area contributed by atoms with E-state index in [0.717, 1.165) is 18.9 Å². The molecule has 0 aliphatic rings. The summed E-state index contributed by atoms with van der Waals surface area (Å²) in [6, 6.07) is 0. The first-order valence-corrected chi connectivity index (χ1v) is 5.99. The van der Waals surface area contributed by atoms with Gasteiger partial charge in [-0.3, -0.25) is 0 Å². The van der Waals surface area contributed by atoms with Crippen LogP contribution >= 0.6 is 11.5 Å². The smallest absolute Gasteiger partial charge is 0.293 e. The van der Waals surface area contributed by atoms with E-state index in [1.807, 2.05) is 0 Å². The molecule has 1 N–H and O–H groups in total. The van der Waals surface area contributed by atoms with Gasteiger partial charge in [-0.2, -0.15) is 9.36 Å². The number of hydrogen-bond acceptors (Lipinski definition) is 5. The Morgan fingerprint density at radius 3 is 2.67 bits per heavy atom. The van der Waals surface area contributed by atoms with Crippen LogP contribution in [-0.2, 0) is 5.41 Å². The number of nitrogens with zero attached hydrogens (tertiary/aromatic N) is 2. The summed E-state index contributed by atoms with van der Waals surface area (Å²) in [5.41, 5.74) is -0.000220. The summed E-state index contributed by atoms with van der Waals surface area (Å²) in [5, 5.41) is 3.85. The monoisotopic (exact) mass is 229 g/mol. The highest BCUT2D eigenvalue weighted by molar-refractivity contribution is 7.07. The quantitative estimate of drug-likeness (QED) is 0.782. The Hall–Kier alpha value is -0.680. The minimum Gasteiger partial charge on any atom is -0.468 e. The molecule has 0 fully saturated rings. The van der Waals surface area contributed by atoms with Crippen LogP contribution in [0.5, 0.6) is 5.19 Å². The molecule has 0 radical (unpaired) electrons. The molecule has 1 aromatic rings. The first-order chi connectivity index (χ1) is 7.04. The zero-order valence-electron chi connectivity index (χ0n) is 9.83. The van der Waals surface area contributed by atoms with Gasteiger partial charge in [0.05, 0.1) is 0 Å². The lowest BCUT2D eigenvalue weighted by atomic mass is 9.96. The number of hydrogen-bond donors (Lipinski definition) is 1. The Labute approximate surface area is 95.2 Å². The fourth-order valence-electron chi connectivity index (χ4n) is 0.960. The molecule has 0 atom stereocenters. The van der Waals surface area contributed by atoms with E-state index in [4.69, 9.17) is 4.74 Å². The van der Waals surface area contributed by atoms with Gasteiger partial charge in [0.25, 0.3) is 5.19 Å². The van der Waals surface area contributed by atoms with Gasteiger partial charge in [0.2, 0.25) is 0 Å². The van der Waals surface area contributed by atoms with Crippen molar-refractivity contribution in [3.63, 3.8) is 0 Å². The van der Waals surface area contributed by atoms with E-state index >= 15 is 0 Å². The Kier molecular flexibility index (Phi) is 4.47. The molecule has 0 saturated heterocycles. The number of aromatic nitrogens is 2. The predicted octanol–water partition coefficient (Wildman–Crippen LogP) is 1.82. The topological polar surface area (TPSA) is 47.0 Å². The summed E-state index contributed by atoms with van der Waals surface area (Å²) in [5.74, 6) is 0.853. The number of likely N-dealkylation sites (N-methyl/N-ethyl adjacent to an activating group) is 1. The highest BCUT2D eigenvalue weighted by Crippen LogP contribution is 2.23. The maximum atomic E-state index is 5.47. The molecule has 0 bridgehead atoms. The third kappa shape index (κ3) is 4.13. The average Bonchev–Trinajstić information content (AvgIpc) is 2.60. The molecule has 0 unspecified atom stereocenters. The van der Waals surface area contributed by atoms with Crippen LogP contribution in [0, 0.1) is 0 Å². The van der Waals surface area contributed by atoms with Crippen LogP contribution in [-0.4, -0.2) is 29.1 Å². The van der Waals surface area contributed by atoms with Crippen molar-refractivity contribution >= 4 is 11.5 Å². The Morgan fingerprint density at radius 2 is 2.13 bits per heavy atom. The highest BCUT2D eigenvalue weighted by atomic mass is 32.1. The fraction of sp³-hybridized carbons (Fsp3) is 0.800. The molecule has 0 aliphatic heterocycles. The van der Waals surface area contributed by atoms with E-state index < -0.39 is 0 Å². The van der Waals surface area contributed by atoms with Crippen LogP contribution in [0.15, 0.2) is 0 Å². The van der Waals surface area contributed by atoms with Crippen LogP contribution in [0.3, 0.4) is 0 Å². The summed E-state index contributed by atoms with van der Waals surface area (Å²) in [6.07, 6.45) is 0. The number of nitrogens with one attached hydrogen (secondary N) is 1. The molecule has 1 aromatic heterocycles. The third-order valence-corrected chi connectivity index (χ3v) is 2.46. The van der Waals surface area contributed by atoms with Gasteiger partial charge in [-0.05, 0) is 6.54 Å². The van der Waals surface area contributed by atoms with Crippen LogP contribution in [0.2, 0.25) is 0 Å². The summed E-state index contributed by atoms with van der Waals surface area (Å²) < 4.78 is 9.74. The molecule has 0 saturated carbocycles. The molecule has 5 heteroatoms. The van der Waals surface area contributed by atoms with Gasteiger partial charge in [0.1, 0.15) is 6.61 Å². The second-order valence-corrected chi connectivity index (χ2v) is 5.05. The minimum atomic E-state index is -0.000220. The maximum absolute atomic E-state index is 5.47. The third-order valence-electron chi connectivity index (χ3n) is 1.83. The minimum absolute atomic E-state index is 0.000220. The summed E-state index contributed by atoms with van der Waals surface area (Å²) in [7, 11) is 0. The van der Waals surface area contributed by atoms with Crippen molar-refractivity contribution in [2.75, 3.05) is 19.7 Å². The van der Waals surface area contributed by atoms with Crippen molar-refractivity contribution in [3.05, 3.63) is 5.82 Å². The molecule has 4 nitrogen and oxygen atoms in total. The lowest BCUT2D eigenvalue weighted by Gasteiger charge is -2.11. The second kappa shape index (κ2) is 5.42. The molecule has 1 rings (SSSR count). The number of rotatable bonds is 5. The normalized spacial score (nSPS) is 11.7. The van der Waals surface area contributed by atoms with Crippen molar-refractivity contribution in [2.45, 2.75) is 33.1 Å². The SMILES string of the molecule is CCNCCOc1nc(C(C)(C)C)ns1. The molecule has 0 aliphatic carbocycles. The Balaban J connectivity index is 2.40. The average molecular weight is 229 g/mol. The van der Waals surface area contributed by atoms with Crippen molar-refractivity contribution < 1.29 is 4.74 Å². The molecule has 0 amide bonds. The van der Waals surface area contributed by atoms with Gasteiger partial charge in [0, 0.05) is 23.5 Å². The maximum Gasteiger partial charge on any atom is 0.293 e. The first-order valence-electron chi connectivity index (χ1n) is 5.21. The van der Waals surface area contributed by atoms with Crippen molar-refractivity contribution in [3.8, 4) is 5.19 Å². The summed E-state index contributed by atoms with van der Waals surface area (Å²) in [6.45, 7) is 10.8. The van der Waals surface area contributed by atoms with Crippen LogP contribution in [0.1, 0.15) is 33.5 Å². The lowest BCUT2D eigenvalue weighted by Crippen LogP contribution is -2.20. The van der Waals surface area contributed by atoms with E-state index in [9.17, 15) is 0 Å². The van der Waals surface area contributed by atoms with Gasteiger partial charge < -0.3 is 10.1 Å². The van der Waals surface area contributed by atoms with Gasteiger partial charge in [0.15, 0.2) is 5.82 Å². The van der Waals surface area contributed by atoms with Crippen molar-refractivity contribution in [2.24, 2.45) is 0 Å². The largest absolute Gasteiger partial charge is 0.468 e. The van der Waals surface area contributed by atoms with Crippen LogP contribution in [0.4, 0.5) is 0 Å². The zero-order chi connectivity index (χ0) is 11.3. The molecule has 0 aromatic carbocycles. The molecular formula is C10H19N3OS. The lowest BCUT2D eigenvalue weighted by molar-refractivity contribution is 0.312. The molecule has 86 valence electrons. The van der Waals surface area contributed by atoms with E-state index in [1.165, 1.54) is 11.5 Å². The zero-order valence-corrected chi connectivity index (χ0v) is 10.6. The summed E-state index contributed by atoms with van der Waals surface area (Å²) >= 11 is 1.32. The summed E-state index contributed by atoms with van der Waals surface area (Å²) in [4.78, 5) is 4.34. The highest BCUT2D eigenvalue weighted by Gasteiger charge is 2.19. The van der Waals surface area contributed by atoms with Gasteiger partial charge in [-0.1, -0.05) is 27.7 Å². The van der Waals surface area contributed by atoms with Gasteiger partial charge >= 0.3 is 0 Å². The first kappa shape index (κ1) is 12.4. The van der Waals surface area contributed by atoms with Crippen molar-refractivity contribution in [1.29, 1.82) is 0 Å².